The molecule has 0 aliphatic rings. The van der Waals surface area contributed by atoms with Gasteiger partial charge in [0.05, 0.1) is 11.6 Å². The van der Waals surface area contributed by atoms with Crippen molar-refractivity contribution in [2.24, 2.45) is 5.92 Å². The van der Waals surface area contributed by atoms with Crippen LogP contribution in [0.1, 0.15) is 18.1 Å². The van der Waals surface area contributed by atoms with Crippen LogP contribution in [0.15, 0.2) is 12.1 Å². The fourth-order valence-electron chi connectivity index (χ4n) is 1.62. The molecule has 1 rings (SSSR count). The van der Waals surface area contributed by atoms with Gasteiger partial charge in [-0.3, -0.25) is 0 Å². The summed E-state index contributed by atoms with van der Waals surface area (Å²) < 4.78 is 32.0. The Bertz CT molecular complexity index is 420. The molecule has 1 atom stereocenters. The van der Waals surface area contributed by atoms with Crippen LogP contribution in [0.2, 0.25) is 0 Å². The minimum absolute atomic E-state index is 0.0125. The SMILES string of the molecule is COCC(C)CNCc1c(F)cc(C#N)cc1F. The number of rotatable bonds is 6. The van der Waals surface area contributed by atoms with Crippen LogP contribution < -0.4 is 5.32 Å². The fourth-order valence-corrected chi connectivity index (χ4v) is 1.62. The summed E-state index contributed by atoms with van der Waals surface area (Å²) in [5.41, 5.74) is -0.0554. The van der Waals surface area contributed by atoms with Crippen molar-refractivity contribution in [3.05, 3.63) is 34.9 Å². The van der Waals surface area contributed by atoms with Crippen molar-refractivity contribution in [1.82, 2.24) is 5.32 Å². The second kappa shape index (κ2) is 7.04. The average Bonchev–Trinajstić information content (AvgIpc) is 2.32. The molecule has 1 aromatic rings. The molecule has 18 heavy (non-hydrogen) atoms. The number of hydrogen-bond donors (Lipinski definition) is 1. The van der Waals surface area contributed by atoms with Crippen LogP contribution in [0.3, 0.4) is 0 Å². The zero-order valence-corrected chi connectivity index (χ0v) is 10.5. The summed E-state index contributed by atoms with van der Waals surface area (Å²) in [5, 5.41) is 11.5. The molecule has 0 heterocycles. The van der Waals surface area contributed by atoms with Crippen LogP contribution in [-0.2, 0) is 11.3 Å². The van der Waals surface area contributed by atoms with Crippen LogP contribution in [0.25, 0.3) is 0 Å². The Morgan fingerprint density at radius 1 is 1.39 bits per heavy atom. The second-order valence-electron chi connectivity index (χ2n) is 4.22. The van der Waals surface area contributed by atoms with Crippen molar-refractivity contribution in [2.45, 2.75) is 13.5 Å². The van der Waals surface area contributed by atoms with E-state index in [-0.39, 0.29) is 23.6 Å². The van der Waals surface area contributed by atoms with Gasteiger partial charge in [-0.1, -0.05) is 6.92 Å². The summed E-state index contributed by atoms with van der Waals surface area (Å²) >= 11 is 0. The standard InChI is InChI=1S/C13H16F2N2O/c1-9(8-18-2)6-17-7-11-12(14)3-10(5-16)4-13(11)15/h3-4,9,17H,6-8H2,1-2H3. The summed E-state index contributed by atoms with van der Waals surface area (Å²) in [5.74, 6) is -1.13. The van der Waals surface area contributed by atoms with Gasteiger partial charge in [0.25, 0.3) is 0 Å². The van der Waals surface area contributed by atoms with E-state index in [4.69, 9.17) is 10.00 Å². The van der Waals surface area contributed by atoms with Gasteiger partial charge in [-0.05, 0) is 18.1 Å². The summed E-state index contributed by atoms with van der Waals surface area (Å²) in [6.45, 7) is 3.26. The maximum atomic E-state index is 13.5. The lowest BCUT2D eigenvalue weighted by Gasteiger charge is -2.12. The zero-order valence-electron chi connectivity index (χ0n) is 10.5. The highest BCUT2D eigenvalue weighted by atomic mass is 19.1. The number of nitrogens with one attached hydrogen (secondary N) is 1. The molecule has 0 radical (unpaired) electrons. The Kier molecular flexibility index (Phi) is 5.69. The number of nitrogens with zero attached hydrogens (tertiary/aromatic N) is 1. The average molecular weight is 254 g/mol. The molecule has 3 nitrogen and oxygen atoms in total. The van der Waals surface area contributed by atoms with Crippen LogP contribution in [0.4, 0.5) is 8.78 Å². The molecule has 1 N–H and O–H groups in total. The van der Waals surface area contributed by atoms with Crippen LogP contribution in [0, 0.1) is 28.9 Å². The fraction of sp³-hybridized carbons (Fsp3) is 0.462. The van der Waals surface area contributed by atoms with Crippen molar-refractivity contribution in [3.8, 4) is 6.07 Å². The van der Waals surface area contributed by atoms with E-state index in [0.29, 0.717) is 13.2 Å². The Morgan fingerprint density at radius 2 is 2.00 bits per heavy atom. The molecule has 0 fully saturated rings. The van der Waals surface area contributed by atoms with E-state index < -0.39 is 11.6 Å². The normalized spacial score (nSPS) is 12.2. The van der Waals surface area contributed by atoms with E-state index in [1.165, 1.54) is 0 Å². The first-order valence-corrected chi connectivity index (χ1v) is 5.66. The molecule has 98 valence electrons. The second-order valence-corrected chi connectivity index (χ2v) is 4.22. The van der Waals surface area contributed by atoms with Gasteiger partial charge in [-0.25, -0.2) is 8.78 Å². The Hall–Kier alpha value is -1.51. The molecule has 0 aromatic heterocycles. The lowest BCUT2D eigenvalue weighted by atomic mass is 10.1. The molecule has 0 spiro atoms. The molecular weight excluding hydrogens is 238 g/mol. The largest absolute Gasteiger partial charge is 0.384 e. The molecule has 0 aliphatic carbocycles. The molecule has 0 amide bonds. The highest BCUT2D eigenvalue weighted by molar-refractivity contribution is 5.34. The van der Waals surface area contributed by atoms with Gasteiger partial charge in [0.1, 0.15) is 11.6 Å². The Labute approximate surface area is 105 Å². The maximum Gasteiger partial charge on any atom is 0.131 e. The van der Waals surface area contributed by atoms with E-state index in [0.717, 1.165) is 12.1 Å². The van der Waals surface area contributed by atoms with Crippen LogP contribution >= 0.6 is 0 Å². The van der Waals surface area contributed by atoms with Gasteiger partial charge in [0.2, 0.25) is 0 Å². The number of hydrogen-bond acceptors (Lipinski definition) is 3. The predicted molar refractivity (Wildman–Crippen MR) is 63.8 cm³/mol. The van der Waals surface area contributed by atoms with Crippen molar-refractivity contribution in [2.75, 3.05) is 20.3 Å². The van der Waals surface area contributed by atoms with Gasteiger partial charge in [-0.2, -0.15) is 5.26 Å². The lowest BCUT2D eigenvalue weighted by Crippen LogP contribution is -2.24. The molecule has 0 saturated carbocycles. The van der Waals surface area contributed by atoms with Gasteiger partial charge < -0.3 is 10.1 Å². The van der Waals surface area contributed by atoms with Crippen molar-refractivity contribution in [3.63, 3.8) is 0 Å². The van der Waals surface area contributed by atoms with E-state index >= 15 is 0 Å². The first-order valence-electron chi connectivity index (χ1n) is 5.66. The van der Waals surface area contributed by atoms with Gasteiger partial charge in [0, 0.05) is 32.4 Å². The zero-order chi connectivity index (χ0) is 13.5. The Balaban J connectivity index is 2.60. The van der Waals surface area contributed by atoms with E-state index in [2.05, 4.69) is 5.32 Å². The quantitative estimate of drug-likeness (QED) is 0.846. The lowest BCUT2D eigenvalue weighted by molar-refractivity contribution is 0.158. The number of methoxy groups -OCH3 is 1. The van der Waals surface area contributed by atoms with E-state index in [9.17, 15) is 8.78 Å². The third-order valence-electron chi connectivity index (χ3n) is 2.52. The van der Waals surface area contributed by atoms with Gasteiger partial charge >= 0.3 is 0 Å². The van der Waals surface area contributed by atoms with Crippen molar-refractivity contribution < 1.29 is 13.5 Å². The molecular formula is C13H16F2N2O. The van der Waals surface area contributed by atoms with Crippen molar-refractivity contribution in [1.29, 1.82) is 5.26 Å². The van der Waals surface area contributed by atoms with E-state index in [1.807, 2.05) is 6.92 Å². The van der Waals surface area contributed by atoms with E-state index in [1.54, 1.807) is 13.2 Å². The highest BCUT2D eigenvalue weighted by Gasteiger charge is 2.11. The molecule has 5 heteroatoms. The third-order valence-corrected chi connectivity index (χ3v) is 2.52. The summed E-state index contributed by atoms with van der Waals surface area (Å²) in [7, 11) is 1.61. The predicted octanol–water partition coefficient (Wildman–Crippen LogP) is 2.21. The van der Waals surface area contributed by atoms with Gasteiger partial charge in [-0.15, -0.1) is 0 Å². The molecule has 1 unspecified atom stereocenters. The molecule has 0 bridgehead atoms. The number of benzene rings is 1. The van der Waals surface area contributed by atoms with Crippen LogP contribution in [0.5, 0.6) is 0 Å². The number of nitriles is 1. The molecule has 0 saturated heterocycles. The third kappa shape index (κ3) is 4.06. The highest BCUT2D eigenvalue weighted by Crippen LogP contribution is 2.15. The van der Waals surface area contributed by atoms with Crippen LogP contribution in [-0.4, -0.2) is 20.3 Å². The summed E-state index contributed by atoms with van der Waals surface area (Å²) in [6, 6.07) is 3.79. The summed E-state index contributed by atoms with van der Waals surface area (Å²) in [6.07, 6.45) is 0. The Morgan fingerprint density at radius 3 is 2.50 bits per heavy atom. The van der Waals surface area contributed by atoms with Crippen molar-refractivity contribution >= 4 is 0 Å². The molecule has 1 aromatic carbocycles. The minimum atomic E-state index is -0.696. The first kappa shape index (κ1) is 14.6. The summed E-state index contributed by atoms with van der Waals surface area (Å²) in [4.78, 5) is 0. The molecule has 0 aliphatic heterocycles. The maximum absolute atomic E-state index is 13.5. The number of halogens is 2. The topological polar surface area (TPSA) is 45.0 Å². The minimum Gasteiger partial charge on any atom is -0.384 e. The first-order chi connectivity index (χ1) is 8.58. The van der Waals surface area contributed by atoms with Gasteiger partial charge in [0.15, 0.2) is 0 Å². The monoisotopic (exact) mass is 254 g/mol. The number of ether oxygens (including phenoxy) is 1. The smallest absolute Gasteiger partial charge is 0.131 e.